The van der Waals surface area contributed by atoms with Gasteiger partial charge in [0.15, 0.2) is 19.0 Å². The average Bonchev–Trinajstić information content (AvgIpc) is 3.75. The maximum atomic E-state index is 12.4. The number of benzene rings is 4. The van der Waals surface area contributed by atoms with E-state index in [0.717, 1.165) is 99.8 Å². The monoisotopic (exact) mass is 832 g/mol. The predicted octanol–water partition coefficient (Wildman–Crippen LogP) is 8.90. The van der Waals surface area contributed by atoms with E-state index in [-0.39, 0.29) is 30.1 Å². The second kappa shape index (κ2) is 16.3. The largest absolute Gasteiger partial charge is 0.468 e. The summed E-state index contributed by atoms with van der Waals surface area (Å²) in [5.74, 6) is 5.14. The van der Waals surface area contributed by atoms with Crippen LogP contribution in [0.2, 0.25) is 0 Å². The molecule has 0 bridgehead atoms. The van der Waals surface area contributed by atoms with E-state index in [4.69, 9.17) is 37.3 Å². The van der Waals surface area contributed by atoms with Gasteiger partial charge in [-0.25, -0.2) is 9.97 Å². The van der Waals surface area contributed by atoms with Crippen molar-refractivity contribution >= 4 is 11.6 Å². The number of fused-ring (bicyclic) bond motifs is 4. The van der Waals surface area contributed by atoms with E-state index in [1.54, 1.807) is 4.90 Å². The molecule has 0 spiro atoms. The summed E-state index contributed by atoms with van der Waals surface area (Å²) in [6.45, 7) is 2.56. The molecule has 0 radical (unpaired) electrons. The van der Waals surface area contributed by atoms with E-state index in [0.29, 0.717) is 24.1 Å². The van der Waals surface area contributed by atoms with Crippen LogP contribution in [0.25, 0.3) is 50.5 Å². The molecule has 4 aliphatic rings. The normalized spacial score (nSPS) is 16.3. The summed E-state index contributed by atoms with van der Waals surface area (Å²) in [7, 11) is 0. The molecule has 11 rings (SSSR count). The molecule has 4 N–H and O–H groups in total. The lowest BCUT2D eigenvalue weighted by molar-refractivity contribution is -0.121. The minimum absolute atomic E-state index is 0.0690. The van der Waals surface area contributed by atoms with Crippen molar-refractivity contribution in [3.8, 4) is 74.6 Å². The highest BCUT2D eigenvalue weighted by Gasteiger charge is 2.36. The fourth-order valence-corrected chi connectivity index (χ4v) is 8.96. The van der Waals surface area contributed by atoms with Crippen molar-refractivity contribution in [2.24, 2.45) is 11.5 Å². The number of pyridine rings is 2. The Kier molecular flexibility index (Phi) is 10.3. The summed E-state index contributed by atoms with van der Waals surface area (Å²) in [5, 5.41) is 8.64. The number of aromatic nitrogens is 5. The van der Waals surface area contributed by atoms with Gasteiger partial charge in [0.05, 0.1) is 17.9 Å². The van der Waals surface area contributed by atoms with Gasteiger partial charge in [-0.2, -0.15) is 0 Å². The molecule has 0 saturated heterocycles. The summed E-state index contributed by atoms with van der Waals surface area (Å²) in [6, 6.07) is 41.4. The van der Waals surface area contributed by atoms with Gasteiger partial charge in [-0.3, -0.25) is 14.3 Å². The molecule has 1 amide bonds. The number of ether oxygens (including phenoxy) is 2. The maximum absolute atomic E-state index is 12.4. The number of terminal acetylenes is 1. The molecule has 2 aliphatic heterocycles. The van der Waals surface area contributed by atoms with Crippen LogP contribution in [0.5, 0.6) is 11.8 Å². The van der Waals surface area contributed by atoms with E-state index < -0.39 is 0 Å². The van der Waals surface area contributed by atoms with Gasteiger partial charge in [-0.05, 0) is 72.9 Å². The predicted molar refractivity (Wildman–Crippen MR) is 245 cm³/mol. The van der Waals surface area contributed by atoms with Crippen molar-refractivity contribution in [2.75, 3.05) is 18.1 Å². The second-order valence-corrected chi connectivity index (χ2v) is 16.8. The average molecular weight is 833 g/mol. The molecule has 5 heterocycles. The molecule has 11 heteroatoms. The minimum atomic E-state index is -0.205. The number of carbonyl (C=O) groups excluding carboxylic acids is 1. The summed E-state index contributed by atoms with van der Waals surface area (Å²) in [5.41, 5.74) is 24.3. The number of aryl methyl sites for hydroxylation is 1. The summed E-state index contributed by atoms with van der Waals surface area (Å²) < 4.78 is 13.8. The first-order valence-corrected chi connectivity index (χ1v) is 21.7. The lowest BCUT2D eigenvalue weighted by atomic mass is 9.72. The zero-order valence-electron chi connectivity index (χ0n) is 35.3. The van der Waals surface area contributed by atoms with Crippen LogP contribution in [0.4, 0.5) is 5.69 Å². The molecule has 7 aromatic rings. The summed E-state index contributed by atoms with van der Waals surface area (Å²) in [4.78, 5) is 23.8. The zero-order chi connectivity index (χ0) is 43.1. The summed E-state index contributed by atoms with van der Waals surface area (Å²) in [6.07, 6.45) is 12.8. The Morgan fingerprint density at radius 3 is 1.62 bits per heavy atom. The van der Waals surface area contributed by atoms with Gasteiger partial charge in [0, 0.05) is 39.8 Å². The van der Waals surface area contributed by atoms with Crippen molar-refractivity contribution < 1.29 is 14.3 Å². The van der Waals surface area contributed by atoms with Crippen LogP contribution in [-0.4, -0.2) is 43.8 Å². The smallest absolute Gasteiger partial charge is 0.265 e. The van der Waals surface area contributed by atoms with Crippen LogP contribution in [0.1, 0.15) is 68.2 Å². The number of nitrogens with zero attached hydrogens (tertiary/aromatic N) is 6. The van der Waals surface area contributed by atoms with Crippen LogP contribution in [0, 0.1) is 12.3 Å². The van der Waals surface area contributed by atoms with Gasteiger partial charge in [-0.1, -0.05) is 122 Å². The Labute approximate surface area is 367 Å². The molecule has 314 valence electrons. The molecule has 11 nitrogen and oxygen atoms in total. The van der Waals surface area contributed by atoms with E-state index in [9.17, 15) is 4.79 Å². The van der Waals surface area contributed by atoms with Crippen molar-refractivity contribution in [1.29, 1.82) is 0 Å². The minimum Gasteiger partial charge on any atom is -0.468 e. The molecule has 0 unspecified atom stereocenters. The molecule has 2 aliphatic carbocycles. The molecule has 2 saturated carbocycles. The zero-order valence-corrected chi connectivity index (χ0v) is 35.3. The van der Waals surface area contributed by atoms with Crippen LogP contribution in [-0.2, 0) is 28.9 Å². The van der Waals surface area contributed by atoms with Gasteiger partial charge >= 0.3 is 0 Å². The summed E-state index contributed by atoms with van der Waals surface area (Å²) >= 11 is 0. The van der Waals surface area contributed by atoms with Gasteiger partial charge in [-0.15, -0.1) is 16.6 Å². The van der Waals surface area contributed by atoms with E-state index in [1.165, 1.54) is 18.4 Å². The Bertz CT molecular complexity index is 2850. The number of anilines is 1. The first kappa shape index (κ1) is 40.0. The highest BCUT2D eigenvalue weighted by molar-refractivity contribution is 5.99. The Hall–Kier alpha value is -7.13. The number of hydrogen-bond donors (Lipinski definition) is 2. The Morgan fingerprint density at radius 2 is 1.14 bits per heavy atom. The lowest BCUT2D eigenvalue weighted by Gasteiger charge is -2.38. The van der Waals surface area contributed by atoms with Crippen molar-refractivity contribution in [3.63, 3.8) is 0 Å². The number of amides is 1. The molecule has 3 aromatic heterocycles. The highest BCUT2D eigenvalue weighted by Crippen LogP contribution is 2.44. The van der Waals surface area contributed by atoms with Crippen molar-refractivity contribution in [1.82, 2.24) is 24.7 Å². The molecule has 2 fully saturated rings. The topological polar surface area (TPSA) is 147 Å². The third kappa shape index (κ3) is 7.31. The molecule has 4 aromatic carbocycles. The fourth-order valence-electron chi connectivity index (χ4n) is 8.96. The third-order valence-electron chi connectivity index (χ3n) is 12.9. The lowest BCUT2D eigenvalue weighted by Crippen LogP contribution is -2.43. The highest BCUT2D eigenvalue weighted by atomic mass is 16.5. The van der Waals surface area contributed by atoms with E-state index >= 15 is 0 Å². The van der Waals surface area contributed by atoms with Crippen LogP contribution in [0.3, 0.4) is 0 Å². The Morgan fingerprint density at radius 1 is 0.651 bits per heavy atom. The third-order valence-corrected chi connectivity index (χ3v) is 12.9. The quantitative estimate of drug-likeness (QED) is 0.143. The van der Waals surface area contributed by atoms with Gasteiger partial charge in [0.1, 0.15) is 17.2 Å². The van der Waals surface area contributed by atoms with Crippen LogP contribution < -0.4 is 25.8 Å². The number of rotatable bonds is 8. The van der Waals surface area contributed by atoms with E-state index in [2.05, 4.69) is 106 Å². The first-order chi connectivity index (χ1) is 30.7. The molecular formula is C52H48N8O3. The van der Waals surface area contributed by atoms with Gasteiger partial charge < -0.3 is 20.9 Å². The number of nitrogens with two attached hydrogens (primary N) is 2. The van der Waals surface area contributed by atoms with Crippen molar-refractivity contribution in [2.45, 2.75) is 69.6 Å². The van der Waals surface area contributed by atoms with Crippen molar-refractivity contribution in [3.05, 3.63) is 144 Å². The van der Waals surface area contributed by atoms with Crippen LogP contribution >= 0.6 is 0 Å². The van der Waals surface area contributed by atoms with E-state index in [1.807, 2.05) is 42.5 Å². The van der Waals surface area contributed by atoms with Gasteiger partial charge in [0.2, 0.25) is 11.8 Å². The van der Waals surface area contributed by atoms with Gasteiger partial charge in [0.25, 0.3) is 5.91 Å². The molecule has 63 heavy (non-hydrogen) atoms. The molecular weight excluding hydrogens is 785 g/mol. The Balaban J connectivity index is 0.000000150. The van der Waals surface area contributed by atoms with Crippen LogP contribution in [0.15, 0.2) is 121 Å². The SMILES string of the molecule is C#CCN1C(=O)COc2nc(-c3ccc(C4(N)CCC4)cc3)c(-c3ccccc3)cc21.CCc1nnc2n1-c1cc(-c3ccccc3)c(-c3ccc(C4(N)CCC4)cc3)nc1OC2. The number of hydrogen-bond acceptors (Lipinski definition) is 9. The maximum Gasteiger partial charge on any atom is 0.265 e. The molecule has 0 atom stereocenters. The number of carbonyl (C=O) groups is 1. The second-order valence-electron chi connectivity index (χ2n) is 16.8. The standard InChI is InChI=1S/C26H25N5O.C26H23N3O2/c1-2-22-29-30-23-16-32-25-21(31(22)23)15-20(17-7-4-3-5-8-17)24(28-25)18-9-11-19(12-10-18)26(27)13-6-14-26;1-2-15-29-22-16-21(18-7-4-3-5-8-18)24(28-25(22)31-17-23(29)30)19-9-11-20(12-10-19)26(27)13-6-14-26/h3-5,7-12,15H,2,6,13-14,16,27H2,1H3;1,3-5,7-12,16H,6,13-15,17,27H2. The fraction of sp³-hybridized carbons (Fsp3) is 0.250. The first-order valence-electron chi connectivity index (χ1n) is 21.7.